The quantitative estimate of drug-likeness (QED) is 0.126. The number of rotatable bonds is 5. The fourth-order valence-corrected chi connectivity index (χ4v) is 9.59. The number of anilines is 1. The van der Waals surface area contributed by atoms with Gasteiger partial charge in [-0.05, 0) is 101 Å². The van der Waals surface area contributed by atoms with Gasteiger partial charge in [0.25, 0.3) is 0 Å². The molecule has 4 aromatic carbocycles. The molecule has 2 fully saturated rings. The molecule has 1 saturated carbocycles. The van der Waals surface area contributed by atoms with Gasteiger partial charge in [-0.3, -0.25) is 24.1 Å². The first kappa shape index (κ1) is 32.7. The van der Waals surface area contributed by atoms with Crippen molar-refractivity contribution in [3.05, 3.63) is 140 Å². The number of methoxy groups -OCH3 is 1. The normalized spacial score (nSPS) is 27.3. The molecule has 50 heavy (non-hydrogen) atoms. The number of hydrogen-bond acceptors (Lipinski definition) is 6. The van der Waals surface area contributed by atoms with Crippen molar-refractivity contribution >= 4 is 68.8 Å². The Morgan fingerprint density at radius 2 is 1.56 bits per heavy atom. The third kappa shape index (κ3) is 4.75. The van der Waals surface area contributed by atoms with E-state index in [-0.39, 0.29) is 46.3 Å². The third-order valence-corrected chi connectivity index (χ3v) is 12.1. The zero-order chi connectivity index (χ0) is 34.9. The zero-order valence-corrected chi connectivity index (χ0v) is 29.8. The fourth-order valence-electron chi connectivity index (χ4n) is 9.01. The predicted molar refractivity (Wildman–Crippen MR) is 198 cm³/mol. The number of nitrogens with zero attached hydrogens (tertiary/aromatic N) is 1. The number of ether oxygens (including phenoxy) is 1. The minimum absolute atomic E-state index is 0.0302. The summed E-state index contributed by atoms with van der Waals surface area (Å²) in [5, 5.41) is 10.8. The van der Waals surface area contributed by atoms with E-state index in [0.717, 1.165) is 9.14 Å². The van der Waals surface area contributed by atoms with Crippen molar-refractivity contribution in [2.45, 2.75) is 24.2 Å². The molecule has 7 nitrogen and oxygen atoms in total. The Morgan fingerprint density at radius 3 is 2.24 bits per heavy atom. The van der Waals surface area contributed by atoms with Gasteiger partial charge in [-0.2, -0.15) is 0 Å². The van der Waals surface area contributed by atoms with Gasteiger partial charge in [0.15, 0.2) is 23.1 Å². The van der Waals surface area contributed by atoms with Gasteiger partial charge in [-0.25, -0.2) is 0 Å². The van der Waals surface area contributed by atoms with Crippen LogP contribution < -0.4 is 9.64 Å². The molecule has 1 N–H and O–H groups in total. The van der Waals surface area contributed by atoms with Gasteiger partial charge >= 0.3 is 0 Å². The first-order chi connectivity index (χ1) is 24.2. The topological polar surface area (TPSA) is 101 Å². The van der Waals surface area contributed by atoms with Crippen LogP contribution in [0, 0.1) is 27.2 Å². The molecule has 2 amide bonds. The molecule has 8 rings (SSSR count). The van der Waals surface area contributed by atoms with E-state index < -0.39 is 35.0 Å². The van der Waals surface area contributed by atoms with Crippen LogP contribution in [-0.2, 0) is 24.6 Å². The minimum Gasteiger partial charge on any atom is -0.503 e. The number of aromatic hydroxyl groups is 1. The lowest BCUT2D eigenvalue weighted by molar-refractivity contribution is -0.135. The van der Waals surface area contributed by atoms with Gasteiger partial charge in [0.1, 0.15) is 0 Å². The highest BCUT2D eigenvalue weighted by molar-refractivity contribution is 14.1. The highest BCUT2D eigenvalue weighted by Gasteiger charge is 2.66. The number of Topliss-reactive ketones (excluding diaryl/α,β-unsaturated/α-hetero) is 1. The number of fused-ring (bicyclic) bond motifs is 4. The molecule has 6 atom stereocenters. The summed E-state index contributed by atoms with van der Waals surface area (Å²) < 4.78 is 6.52. The number of halogens is 2. The number of benzene rings is 4. The Labute approximate surface area is 307 Å². The zero-order valence-electron chi connectivity index (χ0n) is 26.9. The Balaban J connectivity index is 1.38. The summed E-state index contributed by atoms with van der Waals surface area (Å²) in [6, 6.07) is 29.0. The van der Waals surface area contributed by atoms with Crippen LogP contribution in [0.1, 0.15) is 35.4 Å². The second-order valence-electron chi connectivity index (χ2n) is 13.3. The van der Waals surface area contributed by atoms with E-state index in [9.17, 15) is 14.7 Å². The third-order valence-electron chi connectivity index (χ3n) is 11.1. The van der Waals surface area contributed by atoms with Crippen molar-refractivity contribution < 1.29 is 29.0 Å². The lowest BCUT2D eigenvalue weighted by Gasteiger charge is -2.55. The van der Waals surface area contributed by atoms with Crippen LogP contribution in [0.4, 0.5) is 5.69 Å². The van der Waals surface area contributed by atoms with Crippen LogP contribution in [-0.4, -0.2) is 35.6 Å². The van der Waals surface area contributed by atoms with Crippen molar-refractivity contribution in [2.24, 2.45) is 23.7 Å². The van der Waals surface area contributed by atoms with Gasteiger partial charge in [-0.15, -0.1) is 0 Å². The predicted octanol–water partition coefficient (Wildman–Crippen LogP) is 7.69. The van der Waals surface area contributed by atoms with Crippen molar-refractivity contribution in [1.29, 1.82) is 0 Å². The van der Waals surface area contributed by atoms with E-state index in [1.807, 2.05) is 78.9 Å². The largest absolute Gasteiger partial charge is 0.503 e. The van der Waals surface area contributed by atoms with E-state index >= 15 is 9.59 Å². The monoisotopic (exact) mass is 795 g/mol. The summed E-state index contributed by atoms with van der Waals surface area (Å²) in [7, 11) is 1.42. The number of carbonyl (C=O) groups excluding carboxylic acids is 4. The molecule has 1 aliphatic heterocycles. The Morgan fingerprint density at radius 1 is 0.880 bits per heavy atom. The molecule has 0 radical (unpaired) electrons. The van der Waals surface area contributed by atoms with Gasteiger partial charge in [-0.1, -0.05) is 83.9 Å². The van der Waals surface area contributed by atoms with E-state index in [0.29, 0.717) is 34.4 Å². The summed E-state index contributed by atoms with van der Waals surface area (Å²) in [5.41, 5.74) is 2.08. The summed E-state index contributed by atoms with van der Waals surface area (Å²) in [6.45, 7) is 0. The highest BCUT2D eigenvalue weighted by Crippen LogP contribution is 2.64. The van der Waals surface area contributed by atoms with Crippen LogP contribution >= 0.6 is 34.2 Å². The maximum atomic E-state index is 15.2. The number of imide groups is 1. The van der Waals surface area contributed by atoms with Crippen LogP contribution in [0.25, 0.3) is 5.57 Å². The van der Waals surface area contributed by atoms with Gasteiger partial charge < -0.3 is 9.84 Å². The second kappa shape index (κ2) is 12.3. The number of phenolic OH excluding ortho intramolecular Hbond substituents is 1. The van der Waals surface area contributed by atoms with E-state index in [1.165, 1.54) is 18.1 Å². The molecule has 4 aromatic rings. The molecule has 0 spiro atoms. The van der Waals surface area contributed by atoms with Crippen molar-refractivity contribution in [1.82, 2.24) is 0 Å². The van der Waals surface area contributed by atoms with E-state index in [1.54, 1.807) is 24.3 Å². The highest BCUT2D eigenvalue weighted by atomic mass is 127. The summed E-state index contributed by atoms with van der Waals surface area (Å²) >= 11 is 8.82. The minimum atomic E-state index is -1.42. The van der Waals surface area contributed by atoms with Crippen LogP contribution in [0.5, 0.6) is 11.5 Å². The average Bonchev–Trinajstić information content (AvgIpc) is 3.40. The standard InChI is InChI=1S/C41H31ClINO6/c1-50-33-19-23(18-32(42)38(33)47)36-27-16-17-28-35(40(49)44(39(28)48)26-14-12-25(43)13-15-26)30(27)20-31-37(46)29(22-8-4-2-5-9-22)21-34(45)41(31,36)24-10-6-3-7-11-24/h2-16,18-19,21,28,30-31,35-36,47H,17,20H2,1H3. The molecule has 0 bridgehead atoms. The van der Waals surface area contributed by atoms with Gasteiger partial charge in [0.2, 0.25) is 11.8 Å². The molecule has 9 heteroatoms. The fraction of sp³-hybridized carbons (Fsp3) is 0.220. The lowest BCUT2D eigenvalue weighted by Crippen LogP contribution is -2.58. The molecule has 250 valence electrons. The molecule has 1 saturated heterocycles. The van der Waals surface area contributed by atoms with E-state index in [4.69, 9.17) is 16.3 Å². The number of hydrogen-bond donors (Lipinski definition) is 1. The first-order valence-electron chi connectivity index (χ1n) is 16.5. The van der Waals surface area contributed by atoms with Crippen LogP contribution in [0.15, 0.2) is 115 Å². The van der Waals surface area contributed by atoms with Crippen molar-refractivity contribution in [2.75, 3.05) is 12.0 Å². The molecule has 3 aliphatic carbocycles. The smallest absolute Gasteiger partial charge is 0.238 e. The molecule has 4 aliphatic rings. The van der Waals surface area contributed by atoms with Crippen LogP contribution in [0.3, 0.4) is 0 Å². The summed E-state index contributed by atoms with van der Waals surface area (Å²) in [6.07, 6.45) is 3.96. The number of ketones is 2. The number of carbonyl (C=O) groups is 4. The van der Waals surface area contributed by atoms with E-state index in [2.05, 4.69) is 22.6 Å². The molecular weight excluding hydrogens is 765 g/mol. The Kier molecular flexibility index (Phi) is 8.06. The van der Waals surface area contributed by atoms with Crippen molar-refractivity contribution in [3.8, 4) is 11.5 Å². The summed E-state index contributed by atoms with van der Waals surface area (Å²) in [5.74, 6) is -4.68. The second-order valence-corrected chi connectivity index (χ2v) is 15.0. The maximum absolute atomic E-state index is 15.2. The molecular formula is C41H31ClINO6. The SMILES string of the molecule is COc1cc(C2C3=CCC4C(=O)N(c5ccc(I)cc5)C(=O)C4C3CC3C(=O)C(c4ccccc4)=CC(=O)C32c2ccccc2)cc(Cl)c1O. The molecule has 6 unspecified atom stereocenters. The maximum Gasteiger partial charge on any atom is 0.238 e. The molecule has 1 heterocycles. The summed E-state index contributed by atoms with van der Waals surface area (Å²) in [4.78, 5) is 60.0. The number of allylic oxidation sites excluding steroid dienone is 4. The Hall–Kier alpha value is -4.54. The molecule has 0 aromatic heterocycles. The lowest BCUT2D eigenvalue weighted by atomic mass is 9.44. The Bertz CT molecular complexity index is 2150. The first-order valence-corrected chi connectivity index (χ1v) is 17.9. The van der Waals surface area contributed by atoms with Crippen LogP contribution in [0.2, 0.25) is 5.02 Å². The average molecular weight is 796 g/mol. The van der Waals surface area contributed by atoms with Crippen molar-refractivity contribution in [3.63, 3.8) is 0 Å². The van der Waals surface area contributed by atoms with Gasteiger partial charge in [0, 0.05) is 21.0 Å². The number of phenols is 1. The number of amides is 2. The van der Waals surface area contributed by atoms with Gasteiger partial charge in [0.05, 0.1) is 35.1 Å².